The van der Waals surface area contributed by atoms with Crippen molar-refractivity contribution in [3.05, 3.63) is 35.4 Å². The van der Waals surface area contributed by atoms with E-state index < -0.39 is 0 Å². The number of hydrogen-bond donors (Lipinski definition) is 1. The van der Waals surface area contributed by atoms with Crippen LogP contribution in [0.5, 0.6) is 0 Å². The fourth-order valence-electron chi connectivity index (χ4n) is 2.34. The number of amidine groups is 1. The lowest BCUT2D eigenvalue weighted by molar-refractivity contribution is 0.575. The minimum absolute atomic E-state index is 0.682. The van der Waals surface area contributed by atoms with Gasteiger partial charge in [0.05, 0.1) is 6.54 Å². The van der Waals surface area contributed by atoms with E-state index in [4.69, 9.17) is 0 Å². The van der Waals surface area contributed by atoms with Crippen molar-refractivity contribution in [2.45, 2.75) is 38.9 Å². The lowest BCUT2D eigenvalue weighted by Crippen LogP contribution is -2.22. The van der Waals surface area contributed by atoms with E-state index in [0.717, 1.165) is 30.6 Å². The Morgan fingerprint density at radius 2 is 2.26 bits per heavy atom. The fraction of sp³-hybridized carbons (Fsp3) is 0.562. The van der Waals surface area contributed by atoms with E-state index >= 15 is 0 Å². The van der Waals surface area contributed by atoms with Crippen LogP contribution in [-0.2, 0) is 6.42 Å². The molecule has 3 heteroatoms. The van der Waals surface area contributed by atoms with Gasteiger partial charge in [-0.2, -0.15) is 0 Å². The molecule has 1 aromatic rings. The first-order chi connectivity index (χ1) is 9.13. The number of nitrogens with zero attached hydrogens (tertiary/aromatic N) is 1. The van der Waals surface area contributed by atoms with Crippen molar-refractivity contribution in [2.24, 2.45) is 10.9 Å². The third kappa shape index (κ3) is 4.90. The second kappa shape index (κ2) is 6.99. The molecular weight excluding hydrogens is 252 g/mol. The molecule has 19 heavy (non-hydrogen) atoms. The second-order valence-electron chi connectivity index (χ2n) is 5.68. The molecule has 2 rings (SSSR count). The van der Waals surface area contributed by atoms with Crippen molar-refractivity contribution >= 4 is 16.9 Å². The molecule has 0 spiro atoms. The van der Waals surface area contributed by atoms with Crippen LogP contribution in [0.4, 0.5) is 0 Å². The van der Waals surface area contributed by atoms with Gasteiger partial charge in [0, 0.05) is 11.8 Å². The number of aliphatic imine (C=N–C) groups is 1. The Hall–Kier alpha value is -0.960. The Morgan fingerprint density at radius 1 is 1.42 bits per heavy atom. The molecule has 1 aromatic carbocycles. The number of aryl methyl sites for hydroxylation is 1. The number of rotatable bonds is 5. The smallest absolute Gasteiger partial charge is 0.156 e. The van der Waals surface area contributed by atoms with Crippen LogP contribution >= 0.6 is 11.8 Å². The second-order valence-corrected chi connectivity index (χ2v) is 6.97. The van der Waals surface area contributed by atoms with Crippen molar-refractivity contribution < 1.29 is 0 Å². The van der Waals surface area contributed by atoms with E-state index in [2.05, 4.69) is 55.3 Å². The number of thioether (sulfide) groups is 1. The maximum absolute atomic E-state index is 4.59. The van der Waals surface area contributed by atoms with Gasteiger partial charge in [0.1, 0.15) is 0 Å². The summed E-state index contributed by atoms with van der Waals surface area (Å²) >= 11 is 1.92. The molecule has 1 aliphatic rings. The van der Waals surface area contributed by atoms with E-state index in [-0.39, 0.29) is 0 Å². The Morgan fingerprint density at radius 3 is 3.00 bits per heavy atom. The number of benzene rings is 1. The largest absolute Gasteiger partial charge is 0.365 e. The number of hydrogen-bond acceptors (Lipinski definition) is 3. The summed E-state index contributed by atoms with van der Waals surface area (Å²) in [7, 11) is 0. The van der Waals surface area contributed by atoms with Crippen LogP contribution in [0.3, 0.4) is 0 Å². The molecule has 104 valence electrons. The average Bonchev–Trinajstić information content (AvgIpc) is 2.76. The molecule has 1 N–H and O–H groups in total. The van der Waals surface area contributed by atoms with Gasteiger partial charge in [-0.1, -0.05) is 55.4 Å². The molecular formula is C16H24N2S. The molecule has 0 radical (unpaired) electrons. The minimum Gasteiger partial charge on any atom is -0.365 e. The quantitative estimate of drug-likeness (QED) is 0.888. The SMILES string of the molecule is Cc1cccc(CCNC2=NCC(CC(C)C)S2)c1. The highest BCUT2D eigenvalue weighted by Gasteiger charge is 2.19. The summed E-state index contributed by atoms with van der Waals surface area (Å²) in [5.41, 5.74) is 2.73. The molecule has 0 bridgehead atoms. The van der Waals surface area contributed by atoms with Crippen molar-refractivity contribution in [2.75, 3.05) is 13.1 Å². The van der Waals surface area contributed by atoms with E-state index in [9.17, 15) is 0 Å². The summed E-state index contributed by atoms with van der Waals surface area (Å²) in [5, 5.41) is 5.28. The Kier molecular flexibility index (Phi) is 5.32. The van der Waals surface area contributed by atoms with Gasteiger partial charge in [0.2, 0.25) is 0 Å². The van der Waals surface area contributed by atoms with Crippen LogP contribution < -0.4 is 5.32 Å². The highest BCUT2D eigenvalue weighted by Crippen LogP contribution is 2.25. The van der Waals surface area contributed by atoms with Crippen molar-refractivity contribution in [3.8, 4) is 0 Å². The maximum Gasteiger partial charge on any atom is 0.156 e. The summed E-state index contributed by atoms with van der Waals surface area (Å²) in [6.45, 7) is 8.66. The normalized spacial score (nSPS) is 18.7. The monoisotopic (exact) mass is 276 g/mol. The molecule has 1 atom stereocenters. The zero-order valence-corrected chi connectivity index (χ0v) is 13.0. The van der Waals surface area contributed by atoms with Gasteiger partial charge in [-0.3, -0.25) is 4.99 Å². The standard InChI is InChI=1S/C16H24N2S/c1-12(2)9-15-11-18-16(19-15)17-8-7-14-6-4-5-13(3)10-14/h4-6,10,12,15H,7-9,11H2,1-3H3,(H,17,18). The predicted molar refractivity (Wildman–Crippen MR) is 86.0 cm³/mol. The fourth-order valence-corrected chi connectivity index (χ4v) is 3.62. The lowest BCUT2D eigenvalue weighted by atomic mass is 10.1. The summed E-state index contributed by atoms with van der Waals surface area (Å²) in [6.07, 6.45) is 2.33. The predicted octanol–water partition coefficient (Wildman–Crippen LogP) is 3.64. The van der Waals surface area contributed by atoms with Crippen LogP contribution in [0.15, 0.2) is 29.3 Å². The van der Waals surface area contributed by atoms with E-state index in [0.29, 0.717) is 5.25 Å². The summed E-state index contributed by atoms with van der Waals surface area (Å²) in [5.74, 6) is 0.763. The van der Waals surface area contributed by atoms with Crippen LogP contribution in [0.1, 0.15) is 31.4 Å². The first kappa shape index (κ1) is 14.4. The van der Waals surface area contributed by atoms with Crippen molar-refractivity contribution in [1.29, 1.82) is 0 Å². The van der Waals surface area contributed by atoms with Gasteiger partial charge in [-0.25, -0.2) is 0 Å². The molecule has 1 unspecified atom stereocenters. The van der Waals surface area contributed by atoms with Crippen molar-refractivity contribution in [1.82, 2.24) is 5.32 Å². The van der Waals surface area contributed by atoms with Crippen LogP contribution in [0.25, 0.3) is 0 Å². The Balaban J connectivity index is 1.70. The van der Waals surface area contributed by atoms with E-state index in [1.165, 1.54) is 17.5 Å². The summed E-state index contributed by atoms with van der Waals surface area (Å²) in [4.78, 5) is 4.59. The molecule has 0 aromatic heterocycles. The maximum atomic E-state index is 4.59. The first-order valence-corrected chi connectivity index (χ1v) is 8.02. The lowest BCUT2D eigenvalue weighted by Gasteiger charge is -2.11. The Bertz CT molecular complexity index is 440. The molecule has 1 aliphatic heterocycles. The van der Waals surface area contributed by atoms with Crippen LogP contribution in [0, 0.1) is 12.8 Å². The zero-order chi connectivity index (χ0) is 13.7. The highest BCUT2D eigenvalue weighted by atomic mass is 32.2. The molecule has 0 amide bonds. The first-order valence-electron chi connectivity index (χ1n) is 7.14. The van der Waals surface area contributed by atoms with Crippen molar-refractivity contribution in [3.63, 3.8) is 0 Å². The molecule has 1 heterocycles. The van der Waals surface area contributed by atoms with Gasteiger partial charge in [0.15, 0.2) is 5.17 Å². The molecule has 0 saturated carbocycles. The molecule has 0 aliphatic carbocycles. The topological polar surface area (TPSA) is 24.4 Å². The Labute approximate surface area is 121 Å². The number of nitrogens with one attached hydrogen (secondary N) is 1. The van der Waals surface area contributed by atoms with Gasteiger partial charge >= 0.3 is 0 Å². The van der Waals surface area contributed by atoms with Gasteiger partial charge in [-0.15, -0.1) is 0 Å². The summed E-state index contributed by atoms with van der Waals surface area (Å²) in [6, 6.07) is 8.72. The van der Waals surface area contributed by atoms with Crippen LogP contribution in [-0.4, -0.2) is 23.5 Å². The minimum atomic E-state index is 0.682. The van der Waals surface area contributed by atoms with Gasteiger partial charge in [-0.05, 0) is 31.2 Å². The molecule has 0 saturated heterocycles. The third-order valence-corrected chi connectivity index (χ3v) is 4.40. The highest BCUT2D eigenvalue weighted by molar-refractivity contribution is 8.14. The third-order valence-electron chi connectivity index (χ3n) is 3.22. The zero-order valence-electron chi connectivity index (χ0n) is 12.1. The van der Waals surface area contributed by atoms with Gasteiger partial charge in [0.25, 0.3) is 0 Å². The van der Waals surface area contributed by atoms with E-state index in [1.54, 1.807) is 0 Å². The van der Waals surface area contributed by atoms with Gasteiger partial charge < -0.3 is 5.32 Å². The van der Waals surface area contributed by atoms with E-state index in [1.807, 2.05) is 11.8 Å². The molecule has 0 fully saturated rings. The van der Waals surface area contributed by atoms with Crippen LogP contribution in [0.2, 0.25) is 0 Å². The molecule has 2 nitrogen and oxygen atoms in total. The average molecular weight is 276 g/mol. The summed E-state index contributed by atoms with van der Waals surface area (Å²) < 4.78 is 0.